The van der Waals surface area contributed by atoms with Gasteiger partial charge in [-0.1, -0.05) is 6.07 Å². The molecule has 1 N–H and O–H groups in total. The number of sulfonamides is 1. The predicted molar refractivity (Wildman–Crippen MR) is 89.5 cm³/mol. The zero-order valence-corrected chi connectivity index (χ0v) is 14.7. The van der Waals surface area contributed by atoms with Gasteiger partial charge in [0.2, 0.25) is 10.0 Å². The minimum atomic E-state index is -3.64. The number of nitrogens with one attached hydrogen (secondary N) is 1. The Hall–Kier alpha value is -1.48. The SMILES string of the molecule is CCOC(=O)c1cccc(S(=O)(=O)NCCCN2CCOCC2)c1. The van der Waals surface area contributed by atoms with Gasteiger partial charge >= 0.3 is 5.97 Å². The number of nitrogens with zero attached hydrogens (tertiary/aromatic N) is 1. The first-order chi connectivity index (χ1) is 11.5. The van der Waals surface area contributed by atoms with Gasteiger partial charge in [0.25, 0.3) is 0 Å². The molecule has 0 atom stereocenters. The molecule has 7 nitrogen and oxygen atoms in total. The summed E-state index contributed by atoms with van der Waals surface area (Å²) >= 11 is 0. The van der Waals surface area contributed by atoms with E-state index in [2.05, 4.69) is 9.62 Å². The molecule has 1 heterocycles. The van der Waals surface area contributed by atoms with Crippen molar-refractivity contribution >= 4 is 16.0 Å². The molecule has 8 heteroatoms. The summed E-state index contributed by atoms with van der Waals surface area (Å²) in [6.45, 7) is 6.35. The molecule has 0 saturated carbocycles. The molecule has 0 unspecified atom stereocenters. The molecule has 0 bridgehead atoms. The molecule has 1 fully saturated rings. The minimum Gasteiger partial charge on any atom is -0.462 e. The molecule has 0 radical (unpaired) electrons. The number of morpholine rings is 1. The number of carbonyl (C=O) groups is 1. The second-order valence-electron chi connectivity index (χ2n) is 5.45. The zero-order valence-electron chi connectivity index (χ0n) is 13.9. The Balaban J connectivity index is 1.87. The van der Waals surface area contributed by atoms with Crippen LogP contribution < -0.4 is 4.72 Å². The average Bonchev–Trinajstić information content (AvgIpc) is 2.60. The number of carbonyl (C=O) groups excluding carboxylic acids is 1. The Morgan fingerprint density at radius 3 is 2.79 bits per heavy atom. The summed E-state index contributed by atoms with van der Waals surface area (Å²) < 4.78 is 37.4. The molecule has 2 rings (SSSR count). The van der Waals surface area contributed by atoms with Crippen molar-refractivity contribution in [3.8, 4) is 0 Å². The van der Waals surface area contributed by atoms with Crippen molar-refractivity contribution in [2.45, 2.75) is 18.2 Å². The summed E-state index contributed by atoms with van der Waals surface area (Å²) in [5, 5.41) is 0. The largest absolute Gasteiger partial charge is 0.462 e. The Bertz CT molecular complexity index is 642. The fraction of sp³-hybridized carbons (Fsp3) is 0.562. The number of hydrogen-bond acceptors (Lipinski definition) is 6. The van der Waals surface area contributed by atoms with E-state index < -0.39 is 16.0 Å². The van der Waals surface area contributed by atoms with Crippen LogP contribution in [-0.2, 0) is 19.5 Å². The first-order valence-electron chi connectivity index (χ1n) is 8.10. The van der Waals surface area contributed by atoms with Crippen molar-refractivity contribution in [2.75, 3.05) is 46.0 Å². The molecule has 1 saturated heterocycles. The molecule has 0 spiro atoms. The monoisotopic (exact) mass is 356 g/mol. The summed E-state index contributed by atoms with van der Waals surface area (Å²) in [7, 11) is -3.64. The Kier molecular flexibility index (Phi) is 7.16. The lowest BCUT2D eigenvalue weighted by Crippen LogP contribution is -2.38. The van der Waals surface area contributed by atoms with Gasteiger partial charge in [-0.05, 0) is 38.1 Å². The van der Waals surface area contributed by atoms with Gasteiger partial charge in [-0.15, -0.1) is 0 Å². The number of ether oxygens (including phenoxy) is 2. The van der Waals surface area contributed by atoms with Crippen LogP contribution in [0.5, 0.6) is 0 Å². The third-order valence-electron chi connectivity index (χ3n) is 3.70. The second-order valence-corrected chi connectivity index (χ2v) is 7.22. The van der Waals surface area contributed by atoms with Gasteiger partial charge in [-0.2, -0.15) is 0 Å². The van der Waals surface area contributed by atoms with Crippen molar-refractivity contribution in [1.29, 1.82) is 0 Å². The van der Waals surface area contributed by atoms with E-state index >= 15 is 0 Å². The lowest BCUT2D eigenvalue weighted by Gasteiger charge is -2.26. The molecule has 0 aromatic heterocycles. The van der Waals surface area contributed by atoms with E-state index in [0.717, 1.165) is 39.3 Å². The Morgan fingerprint density at radius 2 is 2.08 bits per heavy atom. The maximum absolute atomic E-state index is 12.3. The molecule has 134 valence electrons. The highest BCUT2D eigenvalue weighted by Crippen LogP contribution is 2.12. The standard InChI is InChI=1S/C16H24N2O5S/c1-2-23-16(19)14-5-3-6-15(13-14)24(20,21)17-7-4-8-18-9-11-22-12-10-18/h3,5-6,13,17H,2,4,7-12H2,1H3. The van der Waals surface area contributed by atoms with Crippen molar-refractivity contribution in [2.24, 2.45) is 0 Å². The van der Waals surface area contributed by atoms with Crippen molar-refractivity contribution in [3.63, 3.8) is 0 Å². The highest BCUT2D eigenvalue weighted by Gasteiger charge is 2.17. The van der Waals surface area contributed by atoms with Crippen LogP contribution in [0, 0.1) is 0 Å². The van der Waals surface area contributed by atoms with Crippen LogP contribution >= 0.6 is 0 Å². The summed E-state index contributed by atoms with van der Waals surface area (Å²) in [5.74, 6) is -0.526. The fourth-order valence-corrected chi connectivity index (χ4v) is 3.54. The van der Waals surface area contributed by atoms with E-state index in [1.165, 1.54) is 24.3 Å². The predicted octanol–water partition coefficient (Wildman–Crippen LogP) is 0.864. The lowest BCUT2D eigenvalue weighted by atomic mass is 10.2. The van der Waals surface area contributed by atoms with Gasteiger partial charge in [0.05, 0.1) is 30.3 Å². The van der Waals surface area contributed by atoms with Gasteiger partial charge < -0.3 is 9.47 Å². The van der Waals surface area contributed by atoms with E-state index in [1.807, 2.05) is 0 Å². The number of esters is 1. The average molecular weight is 356 g/mol. The molecular weight excluding hydrogens is 332 g/mol. The highest BCUT2D eigenvalue weighted by atomic mass is 32.2. The molecule has 1 aliphatic rings. The minimum absolute atomic E-state index is 0.0689. The quantitative estimate of drug-likeness (QED) is 0.549. The molecular formula is C16H24N2O5S. The van der Waals surface area contributed by atoms with Crippen LogP contribution in [0.15, 0.2) is 29.2 Å². The first-order valence-corrected chi connectivity index (χ1v) is 9.58. The molecule has 0 amide bonds. The number of hydrogen-bond donors (Lipinski definition) is 1. The fourth-order valence-electron chi connectivity index (χ4n) is 2.42. The van der Waals surface area contributed by atoms with Gasteiger partial charge in [-0.3, -0.25) is 4.90 Å². The summed E-state index contributed by atoms with van der Waals surface area (Å²) in [6.07, 6.45) is 0.719. The molecule has 24 heavy (non-hydrogen) atoms. The lowest BCUT2D eigenvalue weighted by molar-refractivity contribution is 0.0376. The van der Waals surface area contributed by atoms with Crippen LogP contribution in [0.25, 0.3) is 0 Å². The van der Waals surface area contributed by atoms with E-state index in [-0.39, 0.29) is 17.1 Å². The summed E-state index contributed by atoms with van der Waals surface area (Å²) in [4.78, 5) is 14.0. The zero-order chi connectivity index (χ0) is 17.4. The smallest absolute Gasteiger partial charge is 0.338 e. The van der Waals surface area contributed by atoms with Gasteiger partial charge in [0.1, 0.15) is 0 Å². The highest BCUT2D eigenvalue weighted by molar-refractivity contribution is 7.89. The second kappa shape index (κ2) is 9.12. The van der Waals surface area contributed by atoms with E-state index in [1.54, 1.807) is 6.92 Å². The normalized spacial score (nSPS) is 16.0. The van der Waals surface area contributed by atoms with E-state index in [0.29, 0.717) is 6.54 Å². The summed E-state index contributed by atoms with van der Waals surface area (Å²) in [6, 6.07) is 5.87. The molecule has 0 aliphatic carbocycles. The Labute approximate surface area is 143 Å². The van der Waals surface area contributed by atoms with E-state index in [4.69, 9.17) is 9.47 Å². The first kappa shape index (κ1) is 18.9. The summed E-state index contributed by atoms with van der Waals surface area (Å²) in [5.41, 5.74) is 0.230. The molecule has 1 aromatic rings. The van der Waals surface area contributed by atoms with Crippen LogP contribution in [-0.4, -0.2) is 65.3 Å². The maximum atomic E-state index is 12.3. The van der Waals surface area contributed by atoms with E-state index in [9.17, 15) is 13.2 Å². The van der Waals surface area contributed by atoms with Crippen LogP contribution in [0.4, 0.5) is 0 Å². The van der Waals surface area contributed by atoms with Crippen LogP contribution in [0.1, 0.15) is 23.7 Å². The van der Waals surface area contributed by atoms with Gasteiger partial charge in [0.15, 0.2) is 0 Å². The van der Waals surface area contributed by atoms with Crippen molar-refractivity contribution in [3.05, 3.63) is 29.8 Å². The molecule has 1 aromatic carbocycles. The molecule has 1 aliphatic heterocycles. The number of benzene rings is 1. The van der Waals surface area contributed by atoms with Gasteiger partial charge in [0, 0.05) is 19.6 Å². The third kappa shape index (κ3) is 5.55. The topological polar surface area (TPSA) is 84.9 Å². The maximum Gasteiger partial charge on any atom is 0.338 e. The van der Waals surface area contributed by atoms with Crippen LogP contribution in [0.3, 0.4) is 0 Å². The van der Waals surface area contributed by atoms with Crippen LogP contribution in [0.2, 0.25) is 0 Å². The number of rotatable bonds is 8. The third-order valence-corrected chi connectivity index (χ3v) is 5.16. The van der Waals surface area contributed by atoms with Crippen molar-refractivity contribution < 1.29 is 22.7 Å². The van der Waals surface area contributed by atoms with Crippen molar-refractivity contribution in [1.82, 2.24) is 9.62 Å². The Morgan fingerprint density at radius 1 is 1.33 bits per heavy atom. The van der Waals surface area contributed by atoms with Gasteiger partial charge in [-0.25, -0.2) is 17.9 Å².